The molecule has 0 aromatic heterocycles. The van der Waals surface area contributed by atoms with Crippen LogP contribution in [0.3, 0.4) is 0 Å². The van der Waals surface area contributed by atoms with Gasteiger partial charge in [-0.2, -0.15) is 0 Å². The average Bonchev–Trinajstić information content (AvgIpc) is 3.12. The summed E-state index contributed by atoms with van der Waals surface area (Å²) in [7, 11) is 3.60. The normalized spacial score (nSPS) is 13.6. The van der Waals surface area contributed by atoms with Gasteiger partial charge in [0.15, 0.2) is 0 Å². The first-order valence-electron chi connectivity index (χ1n) is 16.5. The smallest absolute Gasteiger partial charge is 0.130 e. The first-order valence-corrected chi connectivity index (χ1v) is 16.5. The summed E-state index contributed by atoms with van der Waals surface area (Å²) in [5.74, 6) is 2.21. The number of methoxy groups -OCH3 is 2. The fraction of sp³-hybridized carbons (Fsp3) is 0.156. The maximum absolute atomic E-state index is 6.32. The molecule has 0 saturated carbocycles. The molecule has 0 N–H and O–H groups in total. The largest absolute Gasteiger partial charge is 0.496 e. The monoisotopic (exact) mass is 610 g/mol. The summed E-state index contributed by atoms with van der Waals surface area (Å²) in [6.45, 7) is 6.80. The standard InChI is InChI=1S/C45H38O2/c1-27(2)34-26-37(46-4)42-36(45(34)47-5)25-35-39(29-17-9-6-10-18-29)40(30-19-11-7-12-20-30)41(31-21-13-8-14-22-31)43-33-24-16-15-23-32(33)28(3)38(42)44(35)43/h6-28H,1-5H3. The van der Waals surface area contributed by atoms with Crippen LogP contribution in [-0.4, -0.2) is 14.2 Å². The molecule has 8 rings (SSSR count). The van der Waals surface area contributed by atoms with Gasteiger partial charge in [-0.25, -0.2) is 0 Å². The van der Waals surface area contributed by atoms with Gasteiger partial charge in [0.2, 0.25) is 0 Å². The Morgan fingerprint density at radius 2 is 1.06 bits per heavy atom. The maximum Gasteiger partial charge on any atom is 0.130 e. The van der Waals surface area contributed by atoms with E-state index in [1.54, 1.807) is 14.2 Å². The highest BCUT2D eigenvalue weighted by Gasteiger charge is 2.34. The van der Waals surface area contributed by atoms with Gasteiger partial charge in [0.05, 0.1) is 14.2 Å². The molecule has 1 aliphatic rings. The van der Waals surface area contributed by atoms with Crippen molar-refractivity contribution in [1.82, 2.24) is 0 Å². The minimum absolute atomic E-state index is 0.128. The molecule has 7 aromatic carbocycles. The van der Waals surface area contributed by atoms with Crippen LogP contribution in [0, 0.1) is 0 Å². The fourth-order valence-electron chi connectivity index (χ4n) is 8.03. The third-order valence-corrected chi connectivity index (χ3v) is 10.0. The summed E-state index contributed by atoms with van der Waals surface area (Å²) in [4.78, 5) is 0. The van der Waals surface area contributed by atoms with Gasteiger partial charge in [0.25, 0.3) is 0 Å². The average molecular weight is 611 g/mol. The Hall–Kier alpha value is -5.34. The topological polar surface area (TPSA) is 18.5 Å². The first-order chi connectivity index (χ1) is 23.0. The van der Waals surface area contributed by atoms with E-state index in [0.29, 0.717) is 0 Å². The SMILES string of the molecule is COc1c(C(C)C)cc(OC)c2c3c4c(c(-c5ccccc5)c(-c5ccccc5)c(-c5ccccc5)c4cc12)-c1ccccc1C3C. The second-order valence-corrected chi connectivity index (χ2v) is 12.9. The lowest BCUT2D eigenvalue weighted by atomic mass is 9.70. The van der Waals surface area contributed by atoms with Gasteiger partial charge < -0.3 is 9.47 Å². The minimum atomic E-state index is 0.128. The van der Waals surface area contributed by atoms with Gasteiger partial charge in [-0.1, -0.05) is 136 Å². The Morgan fingerprint density at radius 3 is 1.62 bits per heavy atom. The van der Waals surface area contributed by atoms with Crippen LogP contribution in [0.5, 0.6) is 11.5 Å². The molecule has 0 saturated heterocycles. The van der Waals surface area contributed by atoms with Crippen LogP contribution in [0.2, 0.25) is 0 Å². The molecule has 230 valence electrons. The molecule has 0 heterocycles. The quantitative estimate of drug-likeness (QED) is 0.174. The number of hydrogen-bond donors (Lipinski definition) is 0. The lowest BCUT2D eigenvalue weighted by Gasteiger charge is -2.33. The Kier molecular flexibility index (Phi) is 7.10. The van der Waals surface area contributed by atoms with Crippen molar-refractivity contribution < 1.29 is 9.47 Å². The van der Waals surface area contributed by atoms with Gasteiger partial charge in [-0.15, -0.1) is 0 Å². The molecule has 2 heteroatoms. The summed E-state index contributed by atoms with van der Waals surface area (Å²) in [5, 5.41) is 4.75. The molecule has 47 heavy (non-hydrogen) atoms. The third kappa shape index (κ3) is 4.39. The van der Waals surface area contributed by atoms with Gasteiger partial charge in [-0.05, 0) is 84.5 Å². The predicted octanol–water partition coefficient (Wildman–Crippen LogP) is 12.3. The number of fused-ring (bicyclic) bond motifs is 4. The van der Waals surface area contributed by atoms with Crippen molar-refractivity contribution in [1.29, 1.82) is 0 Å². The molecule has 7 aromatic rings. The van der Waals surface area contributed by atoms with Crippen molar-refractivity contribution in [3.05, 3.63) is 144 Å². The van der Waals surface area contributed by atoms with Gasteiger partial charge in [-0.3, -0.25) is 0 Å². The lowest BCUT2D eigenvalue weighted by molar-refractivity contribution is 0.404. The van der Waals surface area contributed by atoms with E-state index in [1.807, 2.05) is 0 Å². The van der Waals surface area contributed by atoms with Crippen LogP contribution in [0.1, 0.15) is 49.3 Å². The van der Waals surface area contributed by atoms with E-state index < -0.39 is 0 Å². The van der Waals surface area contributed by atoms with E-state index in [-0.39, 0.29) is 11.8 Å². The predicted molar refractivity (Wildman–Crippen MR) is 198 cm³/mol. The fourth-order valence-corrected chi connectivity index (χ4v) is 8.03. The molecule has 2 nitrogen and oxygen atoms in total. The number of benzene rings is 7. The van der Waals surface area contributed by atoms with E-state index in [4.69, 9.17) is 9.47 Å². The van der Waals surface area contributed by atoms with Gasteiger partial charge in [0, 0.05) is 22.3 Å². The molecule has 0 fully saturated rings. The second-order valence-electron chi connectivity index (χ2n) is 12.9. The van der Waals surface area contributed by atoms with E-state index >= 15 is 0 Å². The maximum atomic E-state index is 6.32. The first kappa shape index (κ1) is 29.1. The van der Waals surface area contributed by atoms with Crippen LogP contribution in [0.4, 0.5) is 0 Å². The third-order valence-electron chi connectivity index (χ3n) is 10.0. The second kappa shape index (κ2) is 11.5. The Bertz CT molecular complexity index is 2280. The van der Waals surface area contributed by atoms with Gasteiger partial charge >= 0.3 is 0 Å². The highest BCUT2D eigenvalue weighted by Crippen LogP contribution is 2.59. The Balaban J connectivity index is 1.75. The van der Waals surface area contributed by atoms with E-state index in [0.717, 1.165) is 27.8 Å². The highest BCUT2D eigenvalue weighted by atomic mass is 16.5. The highest BCUT2D eigenvalue weighted by molar-refractivity contribution is 6.25. The summed E-state index contributed by atoms with van der Waals surface area (Å²) in [6.07, 6.45) is 0. The van der Waals surface area contributed by atoms with Crippen molar-refractivity contribution in [3.8, 4) is 56.0 Å². The zero-order valence-corrected chi connectivity index (χ0v) is 27.6. The van der Waals surface area contributed by atoms with Crippen molar-refractivity contribution >= 4 is 21.5 Å². The van der Waals surface area contributed by atoms with Crippen molar-refractivity contribution in [2.45, 2.75) is 32.6 Å². The summed E-state index contributed by atoms with van der Waals surface area (Å²) in [5.41, 5.74) is 13.7. The van der Waals surface area contributed by atoms with Crippen LogP contribution in [-0.2, 0) is 0 Å². The number of hydrogen-bond acceptors (Lipinski definition) is 2. The van der Waals surface area contributed by atoms with E-state index in [1.165, 1.54) is 66.4 Å². The van der Waals surface area contributed by atoms with Crippen molar-refractivity contribution in [2.75, 3.05) is 14.2 Å². The molecule has 1 unspecified atom stereocenters. The molecular formula is C45H38O2. The molecule has 0 radical (unpaired) electrons. The van der Waals surface area contributed by atoms with E-state index in [9.17, 15) is 0 Å². The lowest BCUT2D eigenvalue weighted by Crippen LogP contribution is -2.11. The van der Waals surface area contributed by atoms with Crippen LogP contribution in [0.25, 0.3) is 66.1 Å². The van der Waals surface area contributed by atoms with E-state index in [2.05, 4.69) is 148 Å². The zero-order valence-electron chi connectivity index (χ0n) is 27.6. The van der Waals surface area contributed by atoms with Crippen molar-refractivity contribution in [3.63, 3.8) is 0 Å². The van der Waals surface area contributed by atoms with Crippen molar-refractivity contribution in [2.24, 2.45) is 0 Å². The summed E-state index contributed by atoms with van der Waals surface area (Å²) in [6, 6.07) is 46.4. The Labute approximate surface area is 277 Å². The minimum Gasteiger partial charge on any atom is -0.496 e. The van der Waals surface area contributed by atoms with Crippen LogP contribution < -0.4 is 9.47 Å². The van der Waals surface area contributed by atoms with Gasteiger partial charge in [0.1, 0.15) is 11.5 Å². The molecular weight excluding hydrogens is 572 g/mol. The summed E-state index contributed by atoms with van der Waals surface area (Å²) < 4.78 is 12.6. The molecule has 0 aliphatic heterocycles. The molecule has 0 amide bonds. The Morgan fingerprint density at radius 1 is 0.532 bits per heavy atom. The van der Waals surface area contributed by atoms with Crippen LogP contribution >= 0.6 is 0 Å². The van der Waals surface area contributed by atoms with Crippen LogP contribution in [0.15, 0.2) is 127 Å². The number of rotatable bonds is 6. The summed E-state index contributed by atoms with van der Waals surface area (Å²) >= 11 is 0. The molecule has 0 bridgehead atoms. The molecule has 1 aliphatic carbocycles. The zero-order chi connectivity index (χ0) is 32.2. The molecule has 1 atom stereocenters. The number of ether oxygens (including phenoxy) is 2. The molecule has 0 spiro atoms.